The number of piperidine rings is 1. The van der Waals surface area contributed by atoms with Crippen molar-refractivity contribution >= 4 is 24.8 Å². The van der Waals surface area contributed by atoms with Gasteiger partial charge in [0.2, 0.25) is 0 Å². The van der Waals surface area contributed by atoms with Crippen molar-refractivity contribution in [3.05, 3.63) is 47.8 Å². The summed E-state index contributed by atoms with van der Waals surface area (Å²) in [5.74, 6) is 1.47. The summed E-state index contributed by atoms with van der Waals surface area (Å²) >= 11 is 0. The van der Waals surface area contributed by atoms with Gasteiger partial charge in [0, 0.05) is 30.9 Å². The van der Waals surface area contributed by atoms with Crippen LogP contribution in [-0.4, -0.2) is 36.0 Å². The van der Waals surface area contributed by atoms with E-state index in [0.29, 0.717) is 11.3 Å². The van der Waals surface area contributed by atoms with E-state index in [1.165, 1.54) is 56.7 Å². The highest BCUT2D eigenvalue weighted by Crippen LogP contribution is 2.50. The monoisotopic (exact) mass is 380 g/mol. The van der Waals surface area contributed by atoms with Gasteiger partial charge in [-0.05, 0) is 67.4 Å². The Bertz CT molecular complexity index is 712. The molecule has 1 aromatic carbocycles. The smallest absolute Gasteiger partial charge is 0.0680 e. The number of halogens is 2. The number of rotatable bonds is 2. The zero-order valence-electron chi connectivity index (χ0n) is 14.3. The molecule has 5 rings (SSSR count). The van der Waals surface area contributed by atoms with E-state index in [0.717, 1.165) is 5.92 Å². The number of hydrogen-bond donors (Lipinski definition) is 2. The fourth-order valence-electron chi connectivity index (χ4n) is 5.16. The van der Waals surface area contributed by atoms with Crippen molar-refractivity contribution in [2.75, 3.05) is 26.2 Å². The molecule has 3 heterocycles. The van der Waals surface area contributed by atoms with Gasteiger partial charge in [-0.2, -0.15) is 5.10 Å². The molecule has 2 N–H and O–H groups in total. The fraction of sp³-hybridized carbons (Fsp3) is 0.526. The minimum atomic E-state index is 0. The van der Waals surface area contributed by atoms with Crippen LogP contribution in [0.1, 0.15) is 29.9 Å². The highest BCUT2D eigenvalue weighted by atomic mass is 35.5. The van der Waals surface area contributed by atoms with E-state index in [-0.39, 0.29) is 24.8 Å². The van der Waals surface area contributed by atoms with Crippen molar-refractivity contribution in [1.29, 1.82) is 0 Å². The van der Waals surface area contributed by atoms with Gasteiger partial charge in [0.1, 0.15) is 0 Å². The van der Waals surface area contributed by atoms with Gasteiger partial charge in [0.05, 0.1) is 5.69 Å². The Hall–Kier alpha value is -1.07. The van der Waals surface area contributed by atoms with E-state index in [9.17, 15) is 0 Å². The Morgan fingerprint density at radius 3 is 2.72 bits per heavy atom. The van der Waals surface area contributed by atoms with Gasteiger partial charge in [-0.1, -0.05) is 12.1 Å². The van der Waals surface area contributed by atoms with Gasteiger partial charge < -0.3 is 10.6 Å². The Balaban J connectivity index is 0.000000911. The molecule has 1 aliphatic carbocycles. The van der Waals surface area contributed by atoms with Gasteiger partial charge in [0.25, 0.3) is 0 Å². The van der Waals surface area contributed by atoms with Crippen LogP contribution in [0.5, 0.6) is 0 Å². The van der Waals surface area contributed by atoms with Crippen LogP contribution < -0.4 is 10.6 Å². The summed E-state index contributed by atoms with van der Waals surface area (Å²) in [6, 6.07) is 8.81. The van der Waals surface area contributed by atoms with Crippen molar-refractivity contribution in [2.24, 2.45) is 11.3 Å². The number of nitrogens with one attached hydrogen (secondary N) is 2. The first-order valence-electron chi connectivity index (χ1n) is 8.91. The third-order valence-corrected chi connectivity index (χ3v) is 6.43. The molecule has 3 aliphatic rings. The highest BCUT2D eigenvalue weighted by Gasteiger charge is 2.49. The van der Waals surface area contributed by atoms with Crippen molar-refractivity contribution in [1.82, 2.24) is 20.4 Å². The fourth-order valence-corrected chi connectivity index (χ4v) is 5.16. The molecule has 136 valence electrons. The zero-order valence-corrected chi connectivity index (χ0v) is 15.9. The molecular weight excluding hydrogens is 355 g/mol. The lowest BCUT2D eigenvalue weighted by Gasteiger charge is -2.53. The Morgan fingerprint density at radius 2 is 2.00 bits per heavy atom. The van der Waals surface area contributed by atoms with Gasteiger partial charge in [-0.25, -0.2) is 4.68 Å². The van der Waals surface area contributed by atoms with Crippen LogP contribution in [0.15, 0.2) is 36.7 Å². The summed E-state index contributed by atoms with van der Waals surface area (Å²) in [5, 5.41) is 11.7. The molecular formula is C19H26Cl2N4. The molecule has 2 aromatic rings. The first-order chi connectivity index (χ1) is 11.4. The summed E-state index contributed by atoms with van der Waals surface area (Å²) < 4.78 is 2.03. The molecule has 2 fully saturated rings. The number of nitrogens with zero attached hydrogens (tertiary/aromatic N) is 2. The number of fused-ring (bicyclic) bond motifs is 1. The molecule has 6 heteroatoms. The number of hydrogen-bond acceptors (Lipinski definition) is 3. The van der Waals surface area contributed by atoms with Crippen molar-refractivity contribution in [2.45, 2.75) is 25.2 Å². The molecule has 0 amide bonds. The molecule has 1 aromatic heterocycles. The first-order valence-corrected chi connectivity index (χ1v) is 8.91. The lowest BCUT2D eigenvalue weighted by Crippen LogP contribution is -2.63. The van der Waals surface area contributed by atoms with E-state index in [1.54, 1.807) is 5.56 Å². The summed E-state index contributed by atoms with van der Waals surface area (Å²) in [4.78, 5) is 0. The van der Waals surface area contributed by atoms with Crippen LogP contribution >= 0.6 is 24.8 Å². The SMILES string of the molecule is Cl.Cl.c1cc2c(c(-n3cccn3)c1)CC[C@@H]2[C@H]1CNCCC12CNC2. The van der Waals surface area contributed by atoms with Crippen molar-refractivity contribution in [3.8, 4) is 5.69 Å². The maximum absolute atomic E-state index is 4.45. The maximum atomic E-state index is 4.45. The van der Waals surface area contributed by atoms with Crippen LogP contribution in [0.4, 0.5) is 0 Å². The molecule has 0 saturated carbocycles. The molecule has 0 bridgehead atoms. The molecule has 0 unspecified atom stereocenters. The second-order valence-corrected chi connectivity index (χ2v) is 7.47. The van der Waals surface area contributed by atoms with Gasteiger partial charge in [0.15, 0.2) is 0 Å². The van der Waals surface area contributed by atoms with Gasteiger partial charge in [-0.15, -0.1) is 24.8 Å². The summed E-state index contributed by atoms with van der Waals surface area (Å²) in [5.41, 5.74) is 4.92. The first kappa shape index (κ1) is 18.7. The third kappa shape index (κ3) is 2.89. The quantitative estimate of drug-likeness (QED) is 0.841. The zero-order chi connectivity index (χ0) is 15.3. The van der Waals surface area contributed by atoms with Crippen LogP contribution in [0.2, 0.25) is 0 Å². The lowest BCUT2D eigenvalue weighted by atomic mass is 9.61. The summed E-state index contributed by atoms with van der Waals surface area (Å²) in [6.45, 7) is 4.79. The second-order valence-electron chi connectivity index (χ2n) is 7.47. The lowest BCUT2D eigenvalue weighted by molar-refractivity contribution is 0.0272. The normalized spacial score (nSPS) is 26.2. The van der Waals surface area contributed by atoms with E-state index in [2.05, 4.69) is 40.1 Å². The van der Waals surface area contributed by atoms with Crippen LogP contribution in [0.3, 0.4) is 0 Å². The highest BCUT2D eigenvalue weighted by molar-refractivity contribution is 5.85. The minimum Gasteiger partial charge on any atom is -0.316 e. The molecule has 4 nitrogen and oxygen atoms in total. The minimum absolute atomic E-state index is 0. The molecule has 2 saturated heterocycles. The standard InChI is InChI=1S/C19H24N4.2ClH/c1-3-14-15(17-11-20-9-7-19(17)12-21-13-19)5-6-16(14)18(4-1)23-10-2-8-22-23;;/h1-4,8,10,15,17,20-21H,5-7,9,11-13H2;2*1H/t15-,17+;;/m0../s1. The van der Waals surface area contributed by atoms with Gasteiger partial charge in [-0.3, -0.25) is 0 Å². The second kappa shape index (κ2) is 7.28. The Kier molecular flexibility index (Phi) is 5.45. The van der Waals surface area contributed by atoms with E-state index in [4.69, 9.17) is 0 Å². The Morgan fingerprint density at radius 1 is 1.12 bits per heavy atom. The van der Waals surface area contributed by atoms with Crippen molar-refractivity contribution in [3.63, 3.8) is 0 Å². The number of benzene rings is 1. The van der Waals surface area contributed by atoms with E-state index >= 15 is 0 Å². The molecule has 1 spiro atoms. The van der Waals surface area contributed by atoms with Crippen LogP contribution in [0.25, 0.3) is 5.69 Å². The van der Waals surface area contributed by atoms with Crippen molar-refractivity contribution < 1.29 is 0 Å². The summed E-state index contributed by atoms with van der Waals surface area (Å²) in [7, 11) is 0. The molecule has 2 atom stereocenters. The summed E-state index contributed by atoms with van der Waals surface area (Å²) in [6.07, 6.45) is 7.74. The third-order valence-electron chi connectivity index (χ3n) is 6.43. The maximum Gasteiger partial charge on any atom is 0.0680 e. The topological polar surface area (TPSA) is 41.9 Å². The van der Waals surface area contributed by atoms with Gasteiger partial charge >= 0.3 is 0 Å². The predicted octanol–water partition coefficient (Wildman–Crippen LogP) is 2.94. The predicted molar refractivity (Wildman–Crippen MR) is 105 cm³/mol. The molecule has 0 radical (unpaired) electrons. The molecule has 25 heavy (non-hydrogen) atoms. The average molecular weight is 381 g/mol. The van der Waals surface area contributed by atoms with E-state index in [1.807, 2.05) is 16.9 Å². The van der Waals surface area contributed by atoms with E-state index < -0.39 is 0 Å². The average Bonchev–Trinajstić information content (AvgIpc) is 3.22. The Labute approximate surface area is 161 Å². The van der Waals surface area contributed by atoms with Crippen LogP contribution in [0, 0.1) is 11.3 Å². The largest absolute Gasteiger partial charge is 0.316 e. The number of aromatic nitrogens is 2. The van der Waals surface area contributed by atoms with Crippen LogP contribution in [-0.2, 0) is 6.42 Å². The molecule has 2 aliphatic heterocycles.